The number of halogens is 6. The second kappa shape index (κ2) is 8.41. The van der Waals surface area contributed by atoms with Crippen LogP contribution in [0, 0.1) is 0 Å². The van der Waals surface area contributed by atoms with Crippen molar-refractivity contribution in [1.29, 1.82) is 0 Å². The van der Waals surface area contributed by atoms with Gasteiger partial charge >= 0.3 is 12.4 Å². The van der Waals surface area contributed by atoms with Crippen LogP contribution in [0.15, 0.2) is 30.9 Å². The molecule has 0 aliphatic rings. The van der Waals surface area contributed by atoms with E-state index in [1.54, 1.807) is 42.9 Å². The summed E-state index contributed by atoms with van der Waals surface area (Å²) < 4.78 is 79.5. The Bertz CT molecular complexity index is 1050. The van der Waals surface area contributed by atoms with E-state index in [-0.39, 0.29) is 29.6 Å². The van der Waals surface area contributed by atoms with E-state index < -0.39 is 30.4 Å². The zero-order chi connectivity index (χ0) is 23.7. The van der Waals surface area contributed by atoms with E-state index in [0.717, 1.165) is 5.56 Å². The molecule has 0 saturated carbocycles. The van der Waals surface area contributed by atoms with Crippen molar-refractivity contribution in [2.75, 3.05) is 17.2 Å². The fourth-order valence-electron chi connectivity index (χ4n) is 2.75. The minimum absolute atomic E-state index is 0.0864. The number of aliphatic hydroxyl groups is 1. The number of aromatic nitrogens is 5. The van der Waals surface area contributed by atoms with Gasteiger partial charge in [0.05, 0.1) is 12.9 Å². The van der Waals surface area contributed by atoms with Crippen LogP contribution < -0.4 is 10.6 Å². The Kier molecular flexibility index (Phi) is 6.18. The molecule has 3 heterocycles. The van der Waals surface area contributed by atoms with Crippen molar-refractivity contribution in [3.63, 3.8) is 0 Å². The minimum Gasteiger partial charge on any atom is -0.372 e. The molecule has 0 unspecified atom stereocenters. The third kappa shape index (κ3) is 4.54. The largest absolute Gasteiger partial charge is 0.428 e. The molecule has 0 radical (unpaired) electrons. The summed E-state index contributed by atoms with van der Waals surface area (Å²) in [4.78, 5) is 16.2. The molecule has 3 aromatic heterocycles. The second-order valence-electron chi connectivity index (χ2n) is 7.24. The summed E-state index contributed by atoms with van der Waals surface area (Å²) in [5.74, 6) is -0.455. The number of alkyl halides is 6. The Morgan fingerprint density at radius 1 is 1.06 bits per heavy atom. The Morgan fingerprint density at radius 2 is 1.75 bits per heavy atom. The monoisotopic (exact) mass is 463 g/mol. The van der Waals surface area contributed by atoms with E-state index in [2.05, 4.69) is 25.3 Å². The van der Waals surface area contributed by atoms with E-state index in [1.807, 2.05) is 5.32 Å². The molecule has 0 atom stereocenters. The van der Waals surface area contributed by atoms with Gasteiger partial charge in [-0.15, -0.1) is 0 Å². The topological polar surface area (TPSA) is 101 Å². The van der Waals surface area contributed by atoms with Gasteiger partial charge in [-0.1, -0.05) is 6.07 Å². The van der Waals surface area contributed by atoms with Gasteiger partial charge < -0.3 is 20.3 Å². The molecule has 0 bridgehead atoms. The molecule has 0 aliphatic carbocycles. The predicted molar refractivity (Wildman–Crippen MR) is 103 cm³/mol. The van der Waals surface area contributed by atoms with E-state index >= 15 is 0 Å². The molecular weight excluding hydrogens is 444 g/mol. The third-order valence-corrected chi connectivity index (χ3v) is 4.60. The molecule has 174 valence electrons. The lowest BCUT2D eigenvalue weighted by atomic mass is 10.0. The highest BCUT2D eigenvalue weighted by atomic mass is 19.4. The molecule has 14 heteroatoms. The van der Waals surface area contributed by atoms with E-state index in [4.69, 9.17) is 0 Å². The first-order chi connectivity index (χ1) is 14.8. The number of nitrogens with zero attached hydrogens (tertiary/aromatic N) is 5. The normalized spacial score (nSPS) is 13.1. The first-order valence-electron chi connectivity index (χ1n) is 9.30. The molecule has 0 fully saturated rings. The zero-order valence-corrected chi connectivity index (χ0v) is 16.8. The maximum Gasteiger partial charge on any atom is 0.428 e. The maximum atomic E-state index is 13.0. The van der Waals surface area contributed by atoms with Crippen LogP contribution in [0.3, 0.4) is 0 Å². The molecule has 0 amide bonds. The zero-order valence-electron chi connectivity index (χ0n) is 16.8. The van der Waals surface area contributed by atoms with Crippen LogP contribution in [-0.4, -0.2) is 54.1 Å². The predicted octanol–water partition coefficient (Wildman–Crippen LogP) is 3.68. The fraction of sp³-hybridized carbons (Fsp3) is 0.444. The lowest BCUT2D eigenvalue weighted by Crippen LogP contribution is -2.61. The number of imidazole rings is 1. The highest BCUT2D eigenvalue weighted by molar-refractivity contribution is 5.84. The summed E-state index contributed by atoms with van der Waals surface area (Å²) in [6, 6.07) is 3.30. The number of nitrogens with one attached hydrogen (secondary N) is 2. The number of rotatable bonds is 7. The standard InChI is InChI=1S/C18H19F6N7O/c1-10(2)31-9-28-12-13(26-7-11-4-3-5-25-6-11)29-15(30-14(12)31)27-8-16(32,17(19,20)21)18(22,23)24/h3-6,9-10,32H,7-8H2,1-2H3,(H2,26,27,29,30). The lowest BCUT2D eigenvalue weighted by molar-refractivity contribution is -0.362. The Balaban J connectivity index is 1.96. The van der Waals surface area contributed by atoms with Crippen molar-refractivity contribution in [3.8, 4) is 0 Å². The number of anilines is 2. The molecule has 0 spiro atoms. The highest BCUT2D eigenvalue weighted by Gasteiger charge is 2.70. The summed E-state index contributed by atoms with van der Waals surface area (Å²) in [6.07, 6.45) is -7.36. The number of hydrogen-bond acceptors (Lipinski definition) is 7. The van der Waals surface area contributed by atoms with Crippen molar-refractivity contribution in [2.24, 2.45) is 0 Å². The van der Waals surface area contributed by atoms with Gasteiger partial charge in [-0.2, -0.15) is 36.3 Å². The van der Waals surface area contributed by atoms with Crippen molar-refractivity contribution >= 4 is 22.9 Å². The molecule has 8 nitrogen and oxygen atoms in total. The average Bonchev–Trinajstić information content (AvgIpc) is 3.13. The fourth-order valence-corrected chi connectivity index (χ4v) is 2.75. The lowest BCUT2D eigenvalue weighted by Gasteiger charge is -2.32. The summed E-state index contributed by atoms with van der Waals surface area (Å²) >= 11 is 0. The van der Waals surface area contributed by atoms with Gasteiger partial charge in [0, 0.05) is 25.0 Å². The number of pyridine rings is 1. The first-order valence-corrected chi connectivity index (χ1v) is 9.30. The van der Waals surface area contributed by atoms with Crippen LogP contribution in [0.4, 0.5) is 38.1 Å². The minimum atomic E-state index is -5.97. The van der Waals surface area contributed by atoms with Crippen LogP contribution in [0.25, 0.3) is 11.2 Å². The van der Waals surface area contributed by atoms with Crippen LogP contribution >= 0.6 is 0 Å². The van der Waals surface area contributed by atoms with Gasteiger partial charge in [-0.05, 0) is 25.5 Å². The second-order valence-corrected chi connectivity index (χ2v) is 7.24. The van der Waals surface area contributed by atoms with E-state index in [1.165, 1.54) is 6.33 Å². The Morgan fingerprint density at radius 3 is 2.31 bits per heavy atom. The molecule has 3 rings (SSSR count). The molecule has 0 aliphatic heterocycles. The third-order valence-electron chi connectivity index (χ3n) is 4.60. The van der Waals surface area contributed by atoms with Crippen molar-refractivity contribution < 1.29 is 31.4 Å². The molecule has 32 heavy (non-hydrogen) atoms. The molecule has 3 N–H and O–H groups in total. The van der Waals surface area contributed by atoms with Gasteiger partial charge in [0.15, 0.2) is 17.0 Å². The van der Waals surface area contributed by atoms with Crippen molar-refractivity contribution in [2.45, 2.75) is 44.4 Å². The number of hydrogen-bond donors (Lipinski definition) is 3. The van der Waals surface area contributed by atoms with Crippen molar-refractivity contribution in [1.82, 2.24) is 24.5 Å². The summed E-state index contributed by atoms with van der Waals surface area (Å²) in [6.45, 7) is 1.88. The SMILES string of the molecule is CC(C)n1cnc2c(NCc3cccnc3)nc(NCC(O)(C(F)(F)F)C(F)(F)F)nc21. The summed E-state index contributed by atoms with van der Waals surface area (Å²) in [5, 5.41) is 14.2. The van der Waals surface area contributed by atoms with Crippen LogP contribution in [0.2, 0.25) is 0 Å². The van der Waals surface area contributed by atoms with Gasteiger partial charge in [-0.25, -0.2) is 4.98 Å². The molecule has 3 aromatic rings. The van der Waals surface area contributed by atoms with Gasteiger partial charge in [0.1, 0.15) is 0 Å². The van der Waals surface area contributed by atoms with Crippen LogP contribution in [0.1, 0.15) is 25.5 Å². The van der Waals surface area contributed by atoms with Crippen LogP contribution in [0.5, 0.6) is 0 Å². The van der Waals surface area contributed by atoms with Crippen LogP contribution in [-0.2, 0) is 6.54 Å². The van der Waals surface area contributed by atoms with Gasteiger partial charge in [0.25, 0.3) is 5.60 Å². The molecule has 0 aromatic carbocycles. The van der Waals surface area contributed by atoms with Crippen molar-refractivity contribution in [3.05, 3.63) is 36.4 Å². The van der Waals surface area contributed by atoms with E-state index in [9.17, 15) is 31.4 Å². The smallest absolute Gasteiger partial charge is 0.372 e. The van der Waals surface area contributed by atoms with Gasteiger partial charge in [0.2, 0.25) is 5.95 Å². The Hall–Kier alpha value is -3.16. The summed E-state index contributed by atoms with van der Waals surface area (Å²) in [7, 11) is 0. The molecular formula is C18H19F6N7O. The highest BCUT2D eigenvalue weighted by Crippen LogP contribution is 2.43. The van der Waals surface area contributed by atoms with Gasteiger partial charge in [-0.3, -0.25) is 4.98 Å². The first kappa shape index (κ1) is 23.5. The average molecular weight is 463 g/mol. The number of fused-ring (bicyclic) bond motifs is 1. The van der Waals surface area contributed by atoms with E-state index in [0.29, 0.717) is 0 Å². The Labute approximate surface area is 177 Å². The maximum absolute atomic E-state index is 13.0. The summed E-state index contributed by atoms with van der Waals surface area (Å²) in [5.41, 5.74) is -3.77. The molecule has 0 saturated heterocycles. The quantitative estimate of drug-likeness (QED) is 0.460.